The van der Waals surface area contributed by atoms with Gasteiger partial charge in [0, 0.05) is 57.7 Å². The first-order valence-electron chi connectivity index (χ1n) is 14.3. The summed E-state index contributed by atoms with van der Waals surface area (Å²) < 4.78 is 17.3. The third kappa shape index (κ3) is 7.84. The van der Waals surface area contributed by atoms with Crippen molar-refractivity contribution in [2.45, 2.75) is 25.9 Å². The molecule has 3 aromatic carbocycles. The maximum Gasteiger partial charge on any atom is 0.137 e. The van der Waals surface area contributed by atoms with Crippen LogP contribution in [0.1, 0.15) is 24.0 Å². The first kappa shape index (κ1) is 28.1. The molecule has 4 aromatic rings. The summed E-state index contributed by atoms with van der Waals surface area (Å²) >= 11 is 0. The Hall–Kier alpha value is -4.39. The standard InChI is InChI=1S/C34H40N4O3/c1-36(2)29-11-8-14-32(23-29)40-19-20-41-33-15-16-34(35-24-33)38(26-28-10-7-13-31(22-28)39-3)25-27-9-6-12-30(21-27)37-17-4-5-18-37/h6-16,21-24H,4-5,17-20,25-26H2,1-3H3. The van der Waals surface area contributed by atoms with Crippen molar-refractivity contribution in [3.8, 4) is 17.2 Å². The number of aromatic nitrogens is 1. The van der Waals surface area contributed by atoms with Gasteiger partial charge in [-0.15, -0.1) is 0 Å². The fraction of sp³-hybridized carbons (Fsp3) is 0.324. The summed E-state index contributed by atoms with van der Waals surface area (Å²) in [6.45, 7) is 4.60. The van der Waals surface area contributed by atoms with Crippen LogP contribution in [-0.2, 0) is 13.1 Å². The van der Waals surface area contributed by atoms with Crippen molar-refractivity contribution in [3.63, 3.8) is 0 Å². The highest BCUT2D eigenvalue weighted by molar-refractivity contribution is 5.51. The van der Waals surface area contributed by atoms with Crippen molar-refractivity contribution in [3.05, 3.63) is 102 Å². The fourth-order valence-electron chi connectivity index (χ4n) is 5.07. The van der Waals surface area contributed by atoms with E-state index in [1.54, 1.807) is 13.3 Å². The molecule has 1 saturated heterocycles. The summed E-state index contributed by atoms with van der Waals surface area (Å²) in [4.78, 5) is 11.6. The number of anilines is 3. The lowest BCUT2D eigenvalue weighted by molar-refractivity contribution is 0.216. The van der Waals surface area contributed by atoms with Gasteiger partial charge in [-0.05, 0) is 72.5 Å². The minimum atomic E-state index is 0.435. The Morgan fingerprint density at radius 3 is 2.12 bits per heavy atom. The number of nitrogens with zero attached hydrogens (tertiary/aromatic N) is 4. The molecule has 0 aliphatic carbocycles. The fourth-order valence-corrected chi connectivity index (χ4v) is 5.07. The Kier molecular flexibility index (Phi) is 9.47. The lowest BCUT2D eigenvalue weighted by atomic mass is 10.1. The van der Waals surface area contributed by atoms with Gasteiger partial charge in [0.05, 0.1) is 13.3 Å². The molecule has 0 unspecified atom stereocenters. The van der Waals surface area contributed by atoms with Gasteiger partial charge in [0.1, 0.15) is 36.3 Å². The van der Waals surface area contributed by atoms with Crippen LogP contribution in [0.15, 0.2) is 91.1 Å². The average Bonchev–Trinajstić information content (AvgIpc) is 3.55. The summed E-state index contributed by atoms with van der Waals surface area (Å²) in [6.07, 6.45) is 4.32. The van der Waals surface area contributed by atoms with E-state index in [9.17, 15) is 0 Å². The van der Waals surface area contributed by atoms with Crippen LogP contribution in [0.25, 0.3) is 0 Å². The second kappa shape index (κ2) is 13.8. The molecule has 214 valence electrons. The van der Waals surface area contributed by atoms with Gasteiger partial charge in [0.15, 0.2) is 0 Å². The van der Waals surface area contributed by atoms with Crippen molar-refractivity contribution in [2.75, 3.05) is 62.2 Å². The third-order valence-corrected chi connectivity index (χ3v) is 7.26. The van der Waals surface area contributed by atoms with Crippen molar-refractivity contribution >= 4 is 17.2 Å². The lowest BCUT2D eigenvalue weighted by Crippen LogP contribution is -2.24. The van der Waals surface area contributed by atoms with Crippen molar-refractivity contribution < 1.29 is 14.2 Å². The summed E-state index contributed by atoms with van der Waals surface area (Å²) in [5.41, 5.74) is 4.82. The minimum Gasteiger partial charge on any atom is -0.497 e. The molecular formula is C34H40N4O3. The van der Waals surface area contributed by atoms with Crippen molar-refractivity contribution in [1.82, 2.24) is 4.98 Å². The molecular weight excluding hydrogens is 512 g/mol. The van der Waals surface area contributed by atoms with E-state index >= 15 is 0 Å². The highest BCUT2D eigenvalue weighted by Crippen LogP contribution is 2.26. The van der Waals surface area contributed by atoms with E-state index < -0.39 is 0 Å². The Balaban J connectivity index is 1.25. The molecule has 7 heteroatoms. The maximum absolute atomic E-state index is 5.94. The second-order valence-corrected chi connectivity index (χ2v) is 10.5. The van der Waals surface area contributed by atoms with Gasteiger partial charge in [-0.3, -0.25) is 0 Å². The van der Waals surface area contributed by atoms with Crippen LogP contribution in [0.2, 0.25) is 0 Å². The molecule has 1 aromatic heterocycles. The molecule has 2 heterocycles. The molecule has 0 amide bonds. The monoisotopic (exact) mass is 552 g/mol. The lowest BCUT2D eigenvalue weighted by Gasteiger charge is -2.25. The molecule has 1 aliphatic heterocycles. The minimum absolute atomic E-state index is 0.435. The highest BCUT2D eigenvalue weighted by atomic mass is 16.5. The zero-order valence-corrected chi connectivity index (χ0v) is 24.3. The van der Waals surface area contributed by atoms with Crippen LogP contribution in [0.5, 0.6) is 17.2 Å². The summed E-state index contributed by atoms with van der Waals surface area (Å²) in [7, 11) is 5.73. The molecule has 0 N–H and O–H groups in total. The first-order chi connectivity index (χ1) is 20.1. The van der Waals surface area contributed by atoms with Crippen molar-refractivity contribution in [1.29, 1.82) is 0 Å². The average molecular weight is 553 g/mol. The predicted molar refractivity (Wildman–Crippen MR) is 167 cm³/mol. The van der Waals surface area contributed by atoms with E-state index in [0.717, 1.165) is 54.0 Å². The normalized spacial score (nSPS) is 12.7. The molecule has 0 radical (unpaired) electrons. The molecule has 41 heavy (non-hydrogen) atoms. The summed E-state index contributed by atoms with van der Waals surface area (Å²) in [5.74, 6) is 3.29. The van der Waals surface area contributed by atoms with Crippen LogP contribution in [0.4, 0.5) is 17.2 Å². The second-order valence-electron chi connectivity index (χ2n) is 10.5. The Morgan fingerprint density at radius 2 is 1.41 bits per heavy atom. The van der Waals surface area contributed by atoms with E-state index in [2.05, 4.69) is 57.2 Å². The first-order valence-corrected chi connectivity index (χ1v) is 14.3. The third-order valence-electron chi connectivity index (χ3n) is 7.26. The summed E-state index contributed by atoms with van der Waals surface area (Å²) in [6, 6.07) is 29.1. The number of hydrogen-bond donors (Lipinski definition) is 0. The van der Waals surface area contributed by atoms with Crippen LogP contribution in [0.3, 0.4) is 0 Å². The zero-order chi connectivity index (χ0) is 28.4. The number of hydrogen-bond acceptors (Lipinski definition) is 7. The van der Waals surface area contributed by atoms with E-state index in [4.69, 9.17) is 19.2 Å². The zero-order valence-electron chi connectivity index (χ0n) is 24.3. The van der Waals surface area contributed by atoms with Gasteiger partial charge >= 0.3 is 0 Å². The largest absolute Gasteiger partial charge is 0.497 e. The topological polar surface area (TPSA) is 50.3 Å². The number of pyridine rings is 1. The molecule has 5 rings (SSSR count). The van der Waals surface area contributed by atoms with Crippen LogP contribution in [0, 0.1) is 0 Å². The van der Waals surface area contributed by atoms with Crippen LogP contribution >= 0.6 is 0 Å². The van der Waals surface area contributed by atoms with E-state index in [-0.39, 0.29) is 0 Å². The van der Waals surface area contributed by atoms with Gasteiger partial charge in [-0.25, -0.2) is 4.98 Å². The van der Waals surface area contributed by atoms with Crippen LogP contribution < -0.4 is 28.9 Å². The van der Waals surface area contributed by atoms with E-state index in [1.807, 2.05) is 56.6 Å². The van der Waals surface area contributed by atoms with Gasteiger partial charge in [0.2, 0.25) is 0 Å². The molecule has 1 aliphatic rings. The number of benzene rings is 3. The predicted octanol–water partition coefficient (Wildman–Crippen LogP) is 6.42. The Bertz CT molecular complexity index is 1390. The quantitative estimate of drug-likeness (QED) is 0.177. The van der Waals surface area contributed by atoms with Gasteiger partial charge < -0.3 is 28.9 Å². The number of rotatable bonds is 13. The number of ether oxygens (including phenoxy) is 3. The molecule has 0 atom stereocenters. The van der Waals surface area contributed by atoms with Crippen molar-refractivity contribution in [2.24, 2.45) is 0 Å². The van der Waals surface area contributed by atoms with Crippen LogP contribution in [-0.4, -0.2) is 52.5 Å². The maximum atomic E-state index is 5.94. The smallest absolute Gasteiger partial charge is 0.137 e. The molecule has 0 saturated carbocycles. The SMILES string of the molecule is COc1cccc(CN(Cc2cccc(N3CCCC3)c2)c2ccc(OCCOc3cccc(N(C)C)c3)cn2)c1. The Labute approximate surface area is 243 Å². The molecule has 0 spiro atoms. The van der Waals surface area contributed by atoms with E-state index in [0.29, 0.717) is 19.8 Å². The Morgan fingerprint density at radius 1 is 0.732 bits per heavy atom. The molecule has 7 nitrogen and oxygen atoms in total. The molecule has 1 fully saturated rings. The van der Waals surface area contributed by atoms with Gasteiger partial charge in [-0.2, -0.15) is 0 Å². The number of methoxy groups -OCH3 is 1. The van der Waals surface area contributed by atoms with Gasteiger partial charge in [0.25, 0.3) is 0 Å². The molecule has 0 bridgehead atoms. The van der Waals surface area contributed by atoms with Gasteiger partial charge in [-0.1, -0.05) is 30.3 Å². The summed E-state index contributed by atoms with van der Waals surface area (Å²) in [5, 5.41) is 0. The highest BCUT2D eigenvalue weighted by Gasteiger charge is 2.15. The van der Waals surface area contributed by atoms with E-state index in [1.165, 1.54) is 24.1 Å².